The highest BCUT2D eigenvalue weighted by atomic mass is 79.9. The van der Waals surface area contributed by atoms with Gasteiger partial charge in [-0.3, -0.25) is 4.79 Å². The summed E-state index contributed by atoms with van der Waals surface area (Å²) in [6.45, 7) is 1.94. The second-order valence-electron chi connectivity index (χ2n) is 5.95. The van der Waals surface area contributed by atoms with Crippen LogP contribution in [0.15, 0.2) is 59.6 Å². The number of halogens is 1. The van der Waals surface area contributed by atoms with Crippen LogP contribution in [0.3, 0.4) is 0 Å². The molecule has 0 aliphatic carbocycles. The fourth-order valence-electron chi connectivity index (χ4n) is 2.71. The Morgan fingerprint density at radius 2 is 1.78 bits per heavy atom. The molecular formula is C20H20BrN3O3. The zero-order valence-electron chi connectivity index (χ0n) is 15.3. The molecule has 0 spiro atoms. The van der Waals surface area contributed by atoms with E-state index in [0.29, 0.717) is 21.5 Å². The zero-order chi connectivity index (χ0) is 19.4. The number of aromatic nitrogens is 2. The van der Waals surface area contributed by atoms with Crippen LogP contribution in [0, 0.1) is 0 Å². The van der Waals surface area contributed by atoms with Gasteiger partial charge in [0, 0.05) is 23.6 Å². The number of imidazole rings is 1. The van der Waals surface area contributed by atoms with Gasteiger partial charge in [0.15, 0.2) is 0 Å². The van der Waals surface area contributed by atoms with Gasteiger partial charge in [0.1, 0.15) is 16.0 Å². The van der Waals surface area contributed by atoms with Crippen molar-refractivity contribution < 1.29 is 14.3 Å². The summed E-state index contributed by atoms with van der Waals surface area (Å²) in [5.74, 6) is 0.874. The number of hydrogen-bond donors (Lipinski definition) is 1. The van der Waals surface area contributed by atoms with Gasteiger partial charge in [0.25, 0.3) is 5.91 Å². The summed E-state index contributed by atoms with van der Waals surface area (Å²) >= 11 is 3.41. The van der Waals surface area contributed by atoms with Crippen molar-refractivity contribution in [3.05, 3.63) is 70.7 Å². The van der Waals surface area contributed by atoms with Crippen LogP contribution >= 0.6 is 15.9 Å². The molecule has 3 aromatic rings. The number of carbonyl (C=O) groups excluding carboxylic acids is 1. The van der Waals surface area contributed by atoms with E-state index in [9.17, 15) is 4.79 Å². The molecule has 1 heterocycles. The third-order valence-corrected chi connectivity index (χ3v) is 5.03. The summed E-state index contributed by atoms with van der Waals surface area (Å²) in [6.07, 6.45) is 5.36. The van der Waals surface area contributed by atoms with Gasteiger partial charge in [-0.15, -0.1) is 0 Å². The van der Waals surface area contributed by atoms with Crippen LogP contribution in [0.4, 0.5) is 0 Å². The first-order chi connectivity index (χ1) is 13.0. The average Bonchev–Trinajstić information content (AvgIpc) is 3.23. The Balaban J connectivity index is 1.76. The third-order valence-electron chi connectivity index (χ3n) is 4.25. The van der Waals surface area contributed by atoms with E-state index in [0.717, 1.165) is 11.3 Å². The molecule has 0 aliphatic rings. The molecule has 7 heteroatoms. The van der Waals surface area contributed by atoms with Gasteiger partial charge < -0.3 is 19.4 Å². The van der Waals surface area contributed by atoms with E-state index in [4.69, 9.17) is 9.47 Å². The fourth-order valence-corrected chi connectivity index (χ4v) is 3.26. The van der Waals surface area contributed by atoms with Gasteiger partial charge in [-0.05, 0) is 52.7 Å². The number of nitrogens with one attached hydrogen (secondary N) is 1. The Bertz CT molecular complexity index is 899. The highest BCUT2D eigenvalue weighted by Crippen LogP contribution is 2.35. The molecule has 1 atom stereocenters. The van der Waals surface area contributed by atoms with E-state index in [-0.39, 0.29) is 11.9 Å². The topological polar surface area (TPSA) is 65.4 Å². The number of benzene rings is 2. The first-order valence-corrected chi connectivity index (χ1v) is 9.13. The molecule has 2 aromatic carbocycles. The van der Waals surface area contributed by atoms with Crippen molar-refractivity contribution in [3.8, 4) is 17.2 Å². The molecule has 1 amide bonds. The van der Waals surface area contributed by atoms with E-state index in [2.05, 4.69) is 26.2 Å². The lowest BCUT2D eigenvalue weighted by Crippen LogP contribution is -2.26. The highest BCUT2D eigenvalue weighted by molar-refractivity contribution is 9.10. The normalized spacial score (nSPS) is 11.7. The molecule has 0 bridgehead atoms. The van der Waals surface area contributed by atoms with Crippen molar-refractivity contribution in [2.45, 2.75) is 13.0 Å². The predicted molar refractivity (Wildman–Crippen MR) is 107 cm³/mol. The Morgan fingerprint density at radius 1 is 1.15 bits per heavy atom. The SMILES string of the molecule is COc1cc(C(=O)NC(C)c2ccc(-n3ccnc3)cc2)cc(OC)c1Br. The summed E-state index contributed by atoms with van der Waals surface area (Å²) in [5.41, 5.74) is 2.48. The molecular weight excluding hydrogens is 410 g/mol. The summed E-state index contributed by atoms with van der Waals surface area (Å²) in [5, 5.41) is 3.00. The number of rotatable bonds is 6. The van der Waals surface area contributed by atoms with Gasteiger partial charge in [0.2, 0.25) is 0 Å². The van der Waals surface area contributed by atoms with Crippen molar-refractivity contribution in [1.82, 2.24) is 14.9 Å². The Hall–Kier alpha value is -2.80. The van der Waals surface area contributed by atoms with Crippen molar-refractivity contribution in [2.24, 2.45) is 0 Å². The lowest BCUT2D eigenvalue weighted by atomic mass is 10.1. The number of nitrogens with zero attached hydrogens (tertiary/aromatic N) is 2. The first-order valence-electron chi connectivity index (χ1n) is 8.34. The van der Waals surface area contributed by atoms with Crippen LogP contribution in [0.2, 0.25) is 0 Å². The number of methoxy groups -OCH3 is 2. The van der Waals surface area contributed by atoms with Gasteiger partial charge >= 0.3 is 0 Å². The Morgan fingerprint density at radius 3 is 2.30 bits per heavy atom. The van der Waals surface area contributed by atoms with Crippen molar-refractivity contribution in [3.63, 3.8) is 0 Å². The minimum Gasteiger partial charge on any atom is -0.495 e. The molecule has 0 saturated carbocycles. The summed E-state index contributed by atoms with van der Waals surface area (Å²) in [4.78, 5) is 16.7. The average molecular weight is 430 g/mol. The molecule has 1 aromatic heterocycles. The summed E-state index contributed by atoms with van der Waals surface area (Å²) < 4.78 is 13.2. The van der Waals surface area contributed by atoms with E-state index in [1.54, 1.807) is 38.9 Å². The van der Waals surface area contributed by atoms with Gasteiger partial charge in [0.05, 0.1) is 26.6 Å². The molecule has 27 heavy (non-hydrogen) atoms. The molecule has 1 N–H and O–H groups in total. The smallest absolute Gasteiger partial charge is 0.252 e. The zero-order valence-corrected chi connectivity index (χ0v) is 16.9. The van der Waals surface area contributed by atoms with Crippen molar-refractivity contribution in [1.29, 1.82) is 0 Å². The van der Waals surface area contributed by atoms with E-state index >= 15 is 0 Å². The largest absolute Gasteiger partial charge is 0.495 e. The van der Waals surface area contributed by atoms with Gasteiger partial charge in [-0.1, -0.05) is 12.1 Å². The Labute approximate surface area is 166 Å². The molecule has 6 nitrogen and oxygen atoms in total. The highest BCUT2D eigenvalue weighted by Gasteiger charge is 2.17. The lowest BCUT2D eigenvalue weighted by Gasteiger charge is -2.16. The molecule has 0 saturated heterocycles. The van der Waals surface area contributed by atoms with Crippen LogP contribution in [-0.4, -0.2) is 29.7 Å². The van der Waals surface area contributed by atoms with E-state index in [1.165, 1.54) is 0 Å². The maximum absolute atomic E-state index is 12.7. The van der Waals surface area contributed by atoms with Crippen molar-refractivity contribution >= 4 is 21.8 Å². The minimum absolute atomic E-state index is 0.157. The second-order valence-corrected chi connectivity index (χ2v) is 6.74. The second kappa shape index (κ2) is 8.26. The van der Waals surface area contributed by atoms with E-state index in [1.807, 2.05) is 42.0 Å². The molecule has 140 valence electrons. The molecule has 0 fully saturated rings. The van der Waals surface area contributed by atoms with Gasteiger partial charge in [-0.2, -0.15) is 0 Å². The lowest BCUT2D eigenvalue weighted by molar-refractivity contribution is 0.0939. The first kappa shape index (κ1) is 19.0. The third kappa shape index (κ3) is 4.14. The van der Waals surface area contributed by atoms with Crippen LogP contribution in [0.1, 0.15) is 28.9 Å². The summed E-state index contributed by atoms with van der Waals surface area (Å²) in [6, 6.07) is 11.2. The molecule has 0 aliphatic heterocycles. The number of carbonyl (C=O) groups is 1. The minimum atomic E-state index is -0.203. The van der Waals surface area contributed by atoms with Crippen LogP contribution in [-0.2, 0) is 0 Å². The van der Waals surface area contributed by atoms with Crippen LogP contribution in [0.25, 0.3) is 5.69 Å². The molecule has 1 unspecified atom stereocenters. The molecule has 3 rings (SSSR count). The molecule has 0 radical (unpaired) electrons. The maximum atomic E-state index is 12.7. The number of amides is 1. The standard InChI is InChI=1S/C20H20BrN3O3/c1-13(14-4-6-16(7-5-14)24-9-8-22-12-24)23-20(25)15-10-17(26-2)19(21)18(11-15)27-3/h4-13H,1-3H3,(H,23,25). The maximum Gasteiger partial charge on any atom is 0.252 e. The quantitative estimate of drug-likeness (QED) is 0.639. The van der Waals surface area contributed by atoms with E-state index < -0.39 is 0 Å². The fraction of sp³-hybridized carbons (Fsp3) is 0.200. The van der Waals surface area contributed by atoms with Gasteiger partial charge in [-0.25, -0.2) is 4.98 Å². The summed E-state index contributed by atoms with van der Waals surface area (Å²) in [7, 11) is 3.09. The monoisotopic (exact) mass is 429 g/mol. The van der Waals surface area contributed by atoms with Crippen LogP contribution in [0.5, 0.6) is 11.5 Å². The number of hydrogen-bond acceptors (Lipinski definition) is 4. The van der Waals surface area contributed by atoms with Crippen LogP contribution < -0.4 is 14.8 Å². The van der Waals surface area contributed by atoms with Crippen molar-refractivity contribution in [2.75, 3.05) is 14.2 Å². The number of ether oxygens (including phenoxy) is 2. The Kier molecular flexibility index (Phi) is 5.81. The predicted octanol–water partition coefficient (Wildman–Crippen LogP) is 4.14.